The number of aryl methyl sites for hydroxylation is 1. The Bertz CT molecular complexity index is 1000. The molecule has 8 heteroatoms. The van der Waals surface area contributed by atoms with Gasteiger partial charge in [0.05, 0.1) is 19.0 Å². The Morgan fingerprint density at radius 2 is 2.10 bits per heavy atom. The van der Waals surface area contributed by atoms with Crippen LogP contribution < -0.4 is 15.0 Å². The summed E-state index contributed by atoms with van der Waals surface area (Å²) in [7, 11) is 0. The topological polar surface area (TPSA) is 87.8 Å². The standard InChI is InChI=1S/C23H32N6O2/c1-3-18-15-26-29-21(25-14-17-11-20(31-4-2)16-24-13-17)12-22(27-23(18)29)28-9-6-5-7-19(28)8-10-30/h11-13,15-16,19,25,30H,3-10,14H2,1-2H3/t19-/m0/s1. The van der Waals surface area contributed by atoms with Crippen LogP contribution in [0.2, 0.25) is 0 Å². The fraction of sp³-hybridized carbons (Fsp3) is 0.522. The average Bonchev–Trinajstić information content (AvgIpc) is 3.22. The van der Waals surface area contributed by atoms with Crippen molar-refractivity contribution < 1.29 is 9.84 Å². The third kappa shape index (κ3) is 4.74. The van der Waals surface area contributed by atoms with Crippen molar-refractivity contribution in [2.24, 2.45) is 0 Å². The predicted molar refractivity (Wildman–Crippen MR) is 122 cm³/mol. The number of aliphatic hydroxyl groups excluding tert-OH is 1. The Morgan fingerprint density at radius 3 is 2.90 bits per heavy atom. The summed E-state index contributed by atoms with van der Waals surface area (Å²) in [4.78, 5) is 11.6. The van der Waals surface area contributed by atoms with E-state index in [4.69, 9.17) is 9.72 Å². The second kappa shape index (κ2) is 9.96. The summed E-state index contributed by atoms with van der Waals surface area (Å²) in [6.45, 7) is 6.47. The van der Waals surface area contributed by atoms with Gasteiger partial charge in [-0.25, -0.2) is 4.98 Å². The van der Waals surface area contributed by atoms with Crippen molar-refractivity contribution in [2.45, 2.75) is 58.5 Å². The molecule has 1 atom stereocenters. The SMILES string of the molecule is CCOc1cncc(CNc2cc(N3CCCC[C@H]3CCO)nc3c(CC)cnn23)c1. The summed E-state index contributed by atoms with van der Waals surface area (Å²) in [5, 5.41) is 17.6. The number of nitrogens with zero attached hydrogens (tertiary/aromatic N) is 5. The number of pyridine rings is 1. The first-order valence-electron chi connectivity index (χ1n) is 11.3. The van der Waals surface area contributed by atoms with E-state index in [-0.39, 0.29) is 6.61 Å². The lowest BCUT2D eigenvalue weighted by Gasteiger charge is -2.36. The molecular formula is C23H32N6O2. The first-order valence-corrected chi connectivity index (χ1v) is 11.3. The molecule has 166 valence electrons. The number of hydrogen-bond acceptors (Lipinski definition) is 7. The quantitative estimate of drug-likeness (QED) is 0.544. The second-order valence-electron chi connectivity index (χ2n) is 7.93. The van der Waals surface area contributed by atoms with Crippen molar-refractivity contribution in [3.05, 3.63) is 41.9 Å². The Hall–Kier alpha value is -2.87. The molecule has 3 aromatic rings. The lowest BCUT2D eigenvalue weighted by Crippen LogP contribution is -2.40. The number of fused-ring (bicyclic) bond motifs is 1. The van der Waals surface area contributed by atoms with Crippen LogP contribution in [0.15, 0.2) is 30.7 Å². The minimum Gasteiger partial charge on any atom is -0.492 e. The smallest absolute Gasteiger partial charge is 0.162 e. The van der Waals surface area contributed by atoms with Crippen molar-refractivity contribution in [2.75, 3.05) is 30.0 Å². The van der Waals surface area contributed by atoms with E-state index in [2.05, 4.69) is 33.3 Å². The molecule has 1 saturated heterocycles. The van der Waals surface area contributed by atoms with Crippen molar-refractivity contribution in [1.82, 2.24) is 19.6 Å². The number of piperidine rings is 1. The molecule has 4 rings (SSSR count). The zero-order valence-corrected chi connectivity index (χ0v) is 18.4. The predicted octanol–water partition coefficient (Wildman–Crippen LogP) is 3.44. The van der Waals surface area contributed by atoms with Gasteiger partial charge in [0, 0.05) is 43.6 Å². The molecular weight excluding hydrogens is 392 g/mol. The van der Waals surface area contributed by atoms with E-state index >= 15 is 0 Å². The minimum atomic E-state index is 0.199. The van der Waals surface area contributed by atoms with E-state index in [1.807, 2.05) is 29.9 Å². The molecule has 1 aliphatic rings. The number of aromatic nitrogens is 4. The number of aliphatic hydroxyl groups is 1. The van der Waals surface area contributed by atoms with Crippen LogP contribution in [0.1, 0.15) is 50.7 Å². The Balaban J connectivity index is 1.65. The van der Waals surface area contributed by atoms with Gasteiger partial charge >= 0.3 is 0 Å². The van der Waals surface area contributed by atoms with Gasteiger partial charge < -0.3 is 20.1 Å². The summed E-state index contributed by atoms with van der Waals surface area (Å²) < 4.78 is 7.46. The largest absolute Gasteiger partial charge is 0.492 e. The van der Waals surface area contributed by atoms with Gasteiger partial charge in [0.2, 0.25) is 0 Å². The highest BCUT2D eigenvalue weighted by Gasteiger charge is 2.24. The van der Waals surface area contributed by atoms with Crippen LogP contribution in [0.25, 0.3) is 5.65 Å². The number of rotatable bonds is 9. The normalized spacial score (nSPS) is 16.6. The Kier molecular flexibility index (Phi) is 6.86. The van der Waals surface area contributed by atoms with Gasteiger partial charge in [-0.1, -0.05) is 6.92 Å². The fourth-order valence-corrected chi connectivity index (χ4v) is 4.27. The van der Waals surface area contributed by atoms with Gasteiger partial charge in [-0.15, -0.1) is 0 Å². The zero-order chi connectivity index (χ0) is 21.6. The fourth-order valence-electron chi connectivity index (χ4n) is 4.27. The van der Waals surface area contributed by atoms with Crippen molar-refractivity contribution >= 4 is 17.3 Å². The molecule has 31 heavy (non-hydrogen) atoms. The summed E-state index contributed by atoms with van der Waals surface area (Å²) >= 11 is 0. The minimum absolute atomic E-state index is 0.199. The van der Waals surface area contributed by atoms with Crippen LogP contribution in [0, 0.1) is 0 Å². The summed E-state index contributed by atoms with van der Waals surface area (Å²) in [5.41, 5.74) is 3.05. The summed E-state index contributed by atoms with van der Waals surface area (Å²) in [5.74, 6) is 2.62. The summed E-state index contributed by atoms with van der Waals surface area (Å²) in [6.07, 6.45) is 10.6. The molecule has 0 radical (unpaired) electrons. The molecule has 0 aliphatic carbocycles. The molecule has 0 saturated carbocycles. The number of anilines is 2. The van der Waals surface area contributed by atoms with E-state index in [1.165, 1.54) is 6.42 Å². The zero-order valence-electron chi connectivity index (χ0n) is 18.4. The van der Waals surface area contributed by atoms with Crippen molar-refractivity contribution in [3.8, 4) is 5.75 Å². The highest BCUT2D eigenvalue weighted by Crippen LogP contribution is 2.29. The van der Waals surface area contributed by atoms with E-state index in [9.17, 15) is 5.11 Å². The van der Waals surface area contributed by atoms with Crippen LogP contribution in [0.3, 0.4) is 0 Å². The highest BCUT2D eigenvalue weighted by atomic mass is 16.5. The molecule has 1 aliphatic heterocycles. The molecule has 4 heterocycles. The number of nitrogens with one attached hydrogen (secondary N) is 1. The van der Waals surface area contributed by atoms with Gasteiger partial charge in [0.15, 0.2) is 5.65 Å². The van der Waals surface area contributed by atoms with Gasteiger partial charge in [-0.2, -0.15) is 9.61 Å². The molecule has 0 spiro atoms. The Morgan fingerprint density at radius 1 is 1.19 bits per heavy atom. The molecule has 0 amide bonds. The van der Waals surface area contributed by atoms with Gasteiger partial charge in [-0.05, 0) is 50.7 Å². The second-order valence-corrected chi connectivity index (χ2v) is 7.93. The maximum absolute atomic E-state index is 9.54. The molecule has 3 aromatic heterocycles. The molecule has 1 fully saturated rings. The van der Waals surface area contributed by atoms with Crippen molar-refractivity contribution in [3.63, 3.8) is 0 Å². The van der Waals surface area contributed by atoms with Gasteiger partial charge in [0.1, 0.15) is 17.4 Å². The monoisotopic (exact) mass is 424 g/mol. The maximum Gasteiger partial charge on any atom is 0.162 e. The highest BCUT2D eigenvalue weighted by molar-refractivity contribution is 5.61. The van der Waals surface area contributed by atoms with E-state index in [0.29, 0.717) is 19.2 Å². The molecule has 0 bridgehead atoms. The van der Waals surface area contributed by atoms with Crippen molar-refractivity contribution in [1.29, 1.82) is 0 Å². The molecule has 0 aromatic carbocycles. The van der Waals surface area contributed by atoms with E-state index < -0.39 is 0 Å². The third-order valence-corrected chi connectivity index (χ3v) is 5.85. The molecule has 0 unspecified atom stereocenters. The molecule has 8 nitrogen and oxygen atoms in total. The average molecular weight is 425 g/mol. The number of ether oxygens (including phenoxy) is 1. The first-order chi connectivity index (χ1) is 15.2. The Labute approximate surface area is 183 Å². The first kappa shape index (κ1) is 21.4. The van der Waals surface area contributed by atoms with Crippen LogP contribution in [-0.4, -0.2) is 50.5 Å². The lowest BCUT2D eigenvalue weighted by molar-refractivity contribution is 0.262. The van der Waals surface area contributed by atoms with Gasteiger partial charge in [0.25, 0.3) is 0 Å². The number of hydrogen-bond donors (Lipinski definition) is 2. The van der Waals surface area contributed by atoms with E-state index in [0.717, 1.165) is 66.4 Å². The van der Waals surface area contributed by atoms with Crippen LogP contribution in [0.5, 0.6) is 5.75 Å². The van der Waals surface area contributed by atoms with Crippen LogP contribution in [-0.2, 0) is 13.0 Å². The van der Waals surface area contributed by atoms with Crippen LogP contribution >= 0.6 is 0 Å². The third-order valence-electron chi connectivity index (χ3n) is 5.85. The lowest BCUT2D eigenvalue weighted by atomic mass is 9.99. The van der Waals surface area contributed by atoms with Gasteiger partial charge in [-0.3, -0.25) is 4.98 Å². The van der Waals surface area contributed by atoms with Crippen LogP contribution in [0.4, 0.5) is 11.6 Å². The maximum atomic E-state index is 9.54. The molecule has 2 N–H and O–H groups in total. The summed E-state index contributed by atoms with van der Waals surface area (Å²) in [6, 6.07) is 4.40. The van der Waals surface area contributed by atoms with E-state index in [1.54, 1.807) is 6.20 Å².